The highest BCUT2D eigenvalue weighted by Crippen LogP contribution is 2.33. The number of pyridine rings is 1. The number of rotatable bonds is 7. The summed E-state index contributed by atoms with van der Waals surface area (Å²) in [5, 5.41) is 9.99. The highest BCUT2D eigenvalue weighted by molar-refractivity contribution is 5.96. The van der Waals surface area contributed by atoms with E-state index in [0.29, 0.717) is 12.1 Å². The molecule has 2 aromatic heterocycles. The van der Waals surface area contributed by atoms with Crippen molar-refractivity contribution >= 4 is 33.3 Å². The third-order valence-corrected chi connectivity index (χ3v) is 8.26. The maximum Gasteiger partial charge on any atom is 0.131 e. The fraction of sp³-hybridized carbons (Fsp3) is 0.303. The zero-order chi connectivity index (χ0) is 26.1. The number of aryl methyl sites for hydroxylation is 1. The lowest BCUT2D eigenvalue weighted by molar-refractivity contribution is 0.355. The molecule has 3 aromatic carbocycles. The second-order valence-electron chi connectivity index (χ2n) is 10.8. The Morgan fingerprint density at radius 1 is 0.868 bits per heavy atom. The van der Waals surface area contributed by atoms with Gasteiger partial charge in [-0.15, -0.1) is 0 Å². The van der Waals surface area contributed by atoms with Gasteiger partial charge in [0, 0.05) is 45.3 Å². The molecule has 0 saturated heterocycles. The first-order valence-electron chi connectivity index (χ1n) is 13.9. The standard InChI is InChI=1S/C33H37N5/c1-21-9-8-14-29-30(21)31(34)22(2)33(38-29)36-25-17-15-24(16-18-25)35-20-19-27-26-12-6-7-13-28(26)37-32(27)23-10-4-3-5-11-23/h3-14,24-25,35,37H,15-20H2,1-2H3,(H3,34,36,38)/t24-,25+. The molecule has 0 unspecified atom stereocenters. The Bertz CT molecular complexity index is 1560. The molecule has 1 aliphatic rings. The number of nitrogen functional groups attached to an aromatic ring is 1. The van der Waals surface area contributed by atoms with Crippen LogP contribution in [0.2, 0.25) is 0 Å². The molecule has 5 N–H and O–H groups in total. The van der Waals surface area contributed by atoms with Crippen LogP contribution in [-0.2, 0) is 6.42 Å². The number of nitrogens with two attached hydrogens (primary N) is 1. The number of para-hydroxylation sites is 1. The molecule has 0 bridgehead atoms. The third-order valence-electron chi connectivity index (χ3n) is 8.26. The van der Waals surface area contributed by atoms with Gasteiger partial charge in [-0.2, -0.15) is 0 Å². The van der Waals surface area contributed by atoms with E-state index in [4.69, 9.17) is 10.7 Å². The predicted molar refractivity (Wildman–Crippen MR) is 161 cm³/mol. The molecule has 0 atom stereocenters. The first-order valence-corrected chi connectivity index (χ1v) is 13.9. The van der Waals surface area contributed by atoms with Crippen molar-refractivity contribution in [1.29, 1.82) is 0 Å². The summed E-state index contributed by atoms with van der Waals surface area (Å²) in [6.45, 7) is 5.16. The largest absolute Gasteiger partial charge is 0.398 e. The van der Waals surface area contributed by atoms with E-state index in [1.807, 2.05) is 0 Å². The number of hydrogen-bond donors (Lipinski definition) is 4. The van der Waals surface area contributed by atoms with Crippen LogP contribution in [0.25, 0.3) is 33.1 Å². The average molecular weight is 504 g/mol. The van der Waals surface area contributed by atoms with E-state index in [9.17, 15) is 0 Å². The third kappa shape index (κ3) is 4.74. The highest BCUT2D eigenvalue weighted by atomic mass is 15.0. The lowest BCUT2D eigenvalue weighted by Gasteiger charge is -2.31. The fourth-order valence-corrected chi connectivity index (χ4v) is 6.10. The summed E-state index contributed by atoms with van der Waals surface area (Å²) >= 11 is 0. The molecule has 38 heavy (non-hydrogen) atoms. The molecule has 1 fully saturated rings. The summed E-state index contributed by atoms with van der Waals surface area (Å²) < 4.78 is 0. The monoisotopic (exact) mass is 503 g/mol. The summed E-state index contributed by atoms with van der Waals surface area (Å²) in [5.74, 6) is 0.935. The van der Waals surface area contributed by atoms with Gasteiger partial charge in [0.1, 0.15) is 5.82 Å². The van der Waals surface area contributed by atoms with Crippen LogP contribution in [-0.4, -0.2) is 28.6 Å². The fourth-order valence-electron chi connectivity index (χ4n) is 6.10. The van der Waals surface area contributed by atoms with Crippen LogP contribution in [0.15, 0.2) is 72.8 Å². The molecule has 1 saturated carbocycles. The predicted octanol–water partition coefficient (Wildman–Crippen LogP) is 7.14. The molecule has 0 radical (unpaired) electrons. The van der Waals surface area contributed by atoms with Crippen LogP contribution in [0.4, 0.5) is 11.5 Å². The second-order valence-corrected chi connectivity index (χ2v) is 10.8. The van der Waals surface area contributed by atoms with Crippen molar-refractivity contribution < 1.29 is 0 Å². The number of nitrogens with zero attached hydrogens (tertiary/aromatic N) is 1. The van der Waals surface area contributed by atoms with Crippen molar-refractivity contribution in [3.05, 3.63) is 89.5 Å². The molecule has 1 aliphatic carbocycles. The normalized spacial score (nSPS) is 17.7. The lowest BCUT2D eigenvalue weighted by atomic mass is 9.90. The smallest absolute Gasteiger partial charge is 0.131 e. The number of H-pyrrole nitrogens is 1. The Labute approximate surface area is 224 Å². The Hall–Kier alpha value is -3.83. The second kappa shape index (κ2) is 10.5. The number of benzene rings is 3. The number of anilines is 2. The molecule has 5 heteroatoms. The topological polar surface area (TPSA) is 78.8 Å². The van der Waals surface area contributed by atoms with Crippen LogP contribution < -0.4 is 16.4 Å². The van der Waals surface area contributed by atoms with E-state index >= 15 is 0 Å². The van der Waals surface area contributed by atoms with Crippen molar-refractivity contribution in [2.24, 2.45) is 0 Å². The maximum absolute atomic E-state index is 6.53. The van der Waals surface area contributed by atoms with Crippen molar-refractivity contribution in [1.82, 2.24) is 15.3 Å². The van der Waals surface area contributed by atoms with Gasteiger partial charge in [-0.3, -0.25) is 0 Å². The van der Waals surface area contributed by atoms with Crippen molar-refractivity contribution in [3.8, 4) is 11.3 Å². The maximum atomic E-state index is 6.53. The van der Waals surface area contributed by atoms with Crippen molar-refractivity contribution in [3.63, 3.8) is 0 Å². The number of aromatic nitrogens is 2. The molecule has 5 aromatic rings. The van der Waals surface area contributed by atoms with Gasteiger partial charge in [0.15, 0.2) is 0 Å². The molecule has 194 valence electrons. The number of fused-ring (bicyclic) bond motifs is 2. The summed E-state index contributed by atoms with van der Waals surface area (Å²) in [7, 11) is 0. The van der Waals surface area contributed by atoms with Gasteiger partial charge in [-0.25, -0.2) is 4.98 Å². The molecule has 0 spiro atoms. The summed E-state index contributed by atoms with van der Waals surface area (Å²) in [6, 6.07) is 26.5. The molecule has 5 nitrogen and oxygen atoms in total. The molecule has 2 heterocycles. The Morgan fingerprint density at radius 3 is 2.42 bits per heavy atom. The zero-order valence-electron chi connectivity index (χ0n) is 22.4. The van der Waals surface area contributed by atoms with E-state index in [2.05, 4.69) is 102 Å². The van der Waals surface area contributed by atoms with Gasteiger partial charge in [0.2, 0.25) is 0 Å². The van der Waals surface area contributed by atoms with Crippen molar-refractivity contribution in [2.45, 2.75) is 58.0 Å². The van der Waals surface area contributed by atoms with Gasteiger partial charge in [-0.1, -0.05) is 60.7 Å². The van der Waals surface area contributed by atoms with E-state index in [1.165, 1.54) is 33.3 Å². The van der Waals surface area contributed by atoms with Crippen LogP contribution in [0.1, 0.15) is 42.4 Å². The van der Waals surface area contributed by atoms with E-state index in [0.717, 1.165) is 66.6 Å². The Morgan fingerprint density at radius 2 is 1.61 bits per heavy atom. The molecule has 0 amide bonds. The molecule has 6 rings (SSSR count). The van der Waals surface area contributed by atoms with E-state index in [-0.39, 0.29) is 0 Å². The van der Waals surface area contributed by atoms with Gasteiger partial charge < -0.3 is 21.4 Å². The average Bonchev–Trinajstić information content (AvgIpc) is 3.31. The minimum absolute atomic E-state index is 0.430. The van der Waals surface area contributed by atoms with Crippen LogP contribution >= 0.6 is 0 Å². The summed E-state index contributed by atoms with van der Waals surface area (Å²) in [6.07, 6.45) is 5.60. The SMILES string of the molecule is Cc1c(N[C@H]2CC[C@@H](NCCc3c(-c4ccccc4)[nH]c4ccccc34)CC2)nc2cccc(C)c2c1N. The Kier molecular flexibility index (Phi) is 6.77. The summed E-state index contributed by atoms with van der Waals surface area (Å²) in [4.78, 5) is 8.61. The quantitative estimate of drug-likeness (QED) is 0.190. The molecule has 0 aliphatic heterocycles. The van der Waals surface area contributed by atoms with Crippen molar-refractivity contribution in [2.75, 3.05) is 17.6 Å². The molecular weight excluding hydrogens is 466 g/mol. The zero-order valence-corrected chi connectivity index (χ0v) is 22.4. The number of aromatic amines is 1. The first kappa shape index (κ1) is 24.5. The summed E-state index contributed by atoms with van der Waals surface area (Å²) in [5.41, 5.74) is 15.7. The van der Waals surface area contributed by atoms with Crippen LogP contribution in [0.3, 0.4) is 0 Å². The minimum Gasteiger partial charge on any atom is -0.398 e. The number of nitrogens with one attached hydrogen (secondary N) is 3. The van der Waals surface area contributed by atoms with Gasteiger partial charge in [-0.05, 0) is 81.3 Å². The number of hydrogen-bond acceptors (Lipinski definition) is 4. The first-order chi connectivity index (χ1) is 18.6. The van der Waals surface area contributed by atoms with Crippen LogP contribution in [0, 0.1) is 13.8 Å². The van der Waals surface area contributed by atoms with Gasteiger partial charge in [0.05, 0.1) is 5.52 Å². The molecular formula is C33H37N5. The Balaban J connectivity index is 1.08. The van der Waals surface area contributed by atoms with Crippen LogP contribution in [0.5, 0.6) is 0 Å². The van der Waals surface area contributed by atoms with E-state index in [1.54, 1.807) is 0 Å². The van der Waals surface area contributed by atoms with Gasteiger partial charge >= 0.3 is 0 Å². The highest BCUT2D eigenvalue weighted by Gasteiger charge is 2.23. The van der Waals surface area contributed by atoms with Gasteiger partial charge in [0.25, 0.3) is 0 Å². The minimum atomic E-state index is 0.430. The van der Waals surface area contributed by atoms with E-state index < -0.39 is 0 Å². The lowest BCUT2D eigenvalue weighted by Crippen LogP contribution is -2.38.